The number of thioether (sulfide) groups is 2. The number of aliphatic imine (C=N–C) groups is 1. The van der Waals surface area contributed by atoms with E-state index in [0.717, 1.165) is 21.5 Å². The molecule has 2 aromatic carbocycles. The average molecular weight is 400 g/mol. The number of halogens is 1. The van der Waals surface area contributed by atoms with E-state index in [-0.39, 0.29) is 5.82 Å². The molecule has 1 fully saturated rings. The van der Waals surface area contributed by atoms with E-state index in [9.17, 15) is 4.39 Å². The summed E-state index contributed by atoms with van der Waals surface area (Å²) in [6.45, 7) is 2.34. The van der Waals surface area contributed by atoms with Crippen molar-refractivity contribution in [2.45, 2.75) is 49.2 Å². The van der Waals surface area contributed by atoms with Gasteiger partial charge in [-0.2, -0.15) is 0 Å². The third kappa shape index (κ3) is 6.86. The highest BCUT2D eigenvalue weighted by Crippen LogP contribution is 2.34. The van der Waals surface area contributed by atoms with Crippen LogP contribution in [0.15, 0.2) is 76.0 Å². The molecule has 1 atom stereocenters. The topological polar surface area (TPSA) is 12.4 Å². The molecule has 1 aliphatic rings. The van der Waals surface area contributed by atoms with Gasteiger partial charge in [-0.25, -0.2) is 9.38 Å². The van der Waals surface area contributed by atoms with Crippen LogP contribution >= 0.6 is 23.5 Å². The van der Waals surface area contributed by atoms with E-state index in [4.69, 9.17) is 4.99 Å². The molecular formula is C23H26FNS2. The highest BCUT2D eigenvalue weighted by atomic mass is 32.2. The number of nitrogens with zero attached hydrogens (tertiary/aromatic N) is 1. The molecule has 1 aliphatic carbocycles. The third-order valence-electron chi connectivity index (χ3n) is 4.84. The van der Waals surface area contributed by atoms with Gasteiger partial charge in [0.1, 0.15) is 5.82 Å². The molecule has 0 bridgehead atoms. The highest BCUT2D eigenvalue weighted by molar-refractivity contribution is 8.15. The first-order valence-electron chi connectivity index (χ1n) is 9.60. The Balaban J connectivity index is 1.69. The van der Waals surface area contributed by atoms with Gasteiger partial charge in [0.2, 0.25) is 0 Å². The molecule has 0 saturated heterocycles. The summed E-state index contributed by atoms with van der Waals surface area (Å²) in [6.07, 6.45) is 8.85. The van der Waals surface area contributed by atoms with E-state index in [0.29, 0.717) is 5.25 Å². The first-order chi connectivity index (χ1) is 13.2. The maximum absolute atomic E-state index is 13.0. The lowest BCUT2D eigenvalue weighted by molar-refractivity contribution is 0.357. The normalized spacial score (nSPS) is 17.3. The Morgan fingerprint density at radius 3 is 2.44 bits per heavy atom. The molecule has 0 N–H and O–H groups in total. The number of benzene rings is 2. The zero-order valence-corrected chi connectivity index (χ0v) is 17.3. The minimum absolute atomic E-state index is 0.202. The van der Waals surface area contributed by atoms with Crippen molar-refractivity contribution in [2.24, 2.45) is 10.9 Å². The molecule has 4 heteroatoms. The fraction of sp³-hybridized carbons (Fsp3) is 0.348. The smallest absolute Gasteiger partial charge is 0.123 e. The number of hydrogen-bond acceptors (Lipinski definition) is 3. The van der Waals surface area contributed by atoms with Crippen LogP contribution in [-0.4, -0.2) is 10.3 Å². The Bertz CT molecular complexity index is 750. The molecule has 27 heavy (non-hydrogen) atoms. The van der Waals surface area contributed by atoms with Crippen LogP contribution in [0.1, 0.15) is 39.0 Å². The van der Waals surface area contributed by atoms with Crippen LogP contribution in [0.25, 0.3) is 0 Å². The molecule has 0 heterocycles. The van der Waals surface area contributed by atoms with Crippen molar-refractivity contribution in [3.63, 3.8) is 0 Å². The molecule has 0 radical (unpaired) electrons. The van der Waals surface area contributed by atoms with E-state index in [1.807, 2.05) is 42.1 Å². The van der Waals surface area contributed by atoms with Gasteiger partial charge in [-0.1, -0.05) is 56.1 Å². The lowest BCUT2D eigenvalue weighted by Gasteiger charge is -2.27. The van der Waals surface area contributed by atoms with Crippen LogP contribution < -0.4 is 0 Å². The predicted octanol–water partition coefficient (Wildman–Crippen LogP) is 7.86. The summed E-state index contributed by atoms with van der Waals surface area (Å²) in [7, 11) is 0. The monoisotopic (exact) mass is 399 g/mol. The van der Waals surface area contributed by atoms with Gasteiger partial charge in [0.25, 0.3) is 0 Å². The lowest BCUT2D eigenvalue weighted by Crippen LogP contribution is -2.18. The number of hydrogen-bond donors (Lipinski definition) is 0. The Labute approximate surface area is 170 Å². The molecule has 142 valence electrons. The Morgan fingerprint density at radius 2 is 1.74 bits per heavy atom. The fourth-order valence-corrected chi connectivity index (χ4v) is 5.19. The van der Waals surface area contributed by atoms with Gasteiger partial charge in [-0.3, -0.25) is 0 Å². The maximum atomic E-state index is 13.0. The van der Waals surface area contributed by atoms with E-state index in [1.165, 1.54) is 44.2 Å². The lowest BCUT2D eigenvalue weighted by atomic mass is 9.87. The summed E-state index contributed by atoms with van der Waals surface area (Å²) in [6, 6.07) is 16.7. The number of rotatable bonds is 6. The quantitative estimate of drug-likeness (QED) is 0.278. The first-order valence-corrected chi connectivity index (χ1v) is 11.4. The van der Waals surface area contributed by atoms with Crippen LogP contribution in [0.2, 0.25) is 0 Å². The predicted molar refractivity (Wildman–Crippen MR) is 119 cm³/mol. The van der Waals surface area contributed by atoms with Gasteiger partial charge >= 0.3 is 0 Å². The highest BCUT2D eigenvalue weighted by Gasteiger charge is 2.21. The summed E-state index contributed by atoms with van der Waals surface area (Å²) in [5.41, 5.74) is 0.979. The molecule has 0 amide bonds. The van der Waals surface area contributed by atoms with Crippen molar-refractivity contribution < 1.29 is 4.39 Å². The van der Waals surface area contributed by atoms with Crippen molar-refractivity contribution in [1.82, 2.24) is 0 Å². The zero-order chi connectivity index (χ0) is 18.9. The standard InChI is InChI=1S/C23H26FNS2/c1-18(19-8-4-2-5-9-19)27-23(25-21-10-6-3-7-11-21)16-17-26-22-14-12-20(24)13-15-22/h3,6-7,10-19H,2,4-5,8-9H2,1H3. The SMILES string of the molecule is CC(SC(C=CSc1ccc(F)cc1)=Nc1ccccc1)C1CCCCC1. The van der Waals surface area contributed by atoms with E-state index in [2.05, 4.69) is 18.4 Å². The van der Waals surface area contributed by atoms with Gasteiger partial charge in [0.05, 0.1) is 10.7 Å². The van der Waals surface area contributed by atoms with Gasteiger partial charge in [-0.15, -0.1) is 11.8 Å². The second kappa shape index (κ2) is 10.7. The molecule has 1 nitrogen and oxygen atoms in total. The van der Waals surface area contributed by atoms with Crippen molar-refractivity contribution in [1.29, 1.82) is 0 Å². The zero-order valence-electron chi connectivity index (χ0n) is 15.7. The van der Waals surface area contributed by atoms with Crippen molar-refractivity contribution in [3.05, 3.63) is 71.9 Å². The van der Waals surface area contributed by atoms with Crippen molar-refractivity contribution >= 4 is 34.3 Å². The largest absolute Gasteiger partial charge is 0.242 e. The van der Waals surface area contributed by atoms with Crippen LogP contribution in [-0.2, 0) is 0 Å². The Hall–Kier alpha value is -1.52. The maximum Gasteiger partial charge on any atom is 0.123 e. The molecule has 0 aromatic heterocycles. The summed E-state index contributed by atoms with van der Waals surface area (Å²) in [5.74, 6) is 0.578. The van der Waals surface area contributed by atoms with Gasteiger partial charge in [-0.05, 0) is 66.6 Å². The summed E-state index contributed by atoms with van der Waals surface area (Å²) < 4.78 is 13.0. The Morgan fingerprint density at radius 1 is 1.04 bits per heavy atom. The van der Waals surface area contributed by atoms with E-state index in [1.54, 1.807) is 23.9 Å². The molecule has 1 saturated carbocycles. The van der Waals surface area contributed by atoms with Crippen molar-refractivity contribution in [3.8, 4) is 0 Å². The molecular weight excluding hydrogens is 373 g/mol. The molecule has 0 spiro atoms. The molecule has 3 rings (SSSR count). The summed E-state index contributed by atoms with van der Waals surface area (Å²) in [5, 5.41) is 3.65. The number of para-hydroxylation sites is 1. The third-order valence-corrected chi connectivity index (χ3v) is 6.89. The minimum Gasteiger partial charge on any atom is -0.242 e. The van der Waals surface area contributed by atoms with Gasteiger partial charge < -0.3 is 0 Å². The average Bonchev–Trinajstić information content (AvgIpc) is 2.71. The van der Waals surface area contributed by atoms with Gasteiger partial charge in [0, 0.05) is 10.1 Å². The molecule has 1 unspecified atom stereocenters. The van der Waals surface area contributed by atoms with Crippen LogP contribution in [0.5, 0.6) is 0 Å². The second-order valence-electron chi connectivity index (χ2n) is 6.88. The Kier molecular flexibility index (Phi) is 8.03. The van der Waals surface area contributed by atoms with Gasteiger partial charge in [0.15, 0.2) is 0 Å². The summed E-state index contributed by atoms with van der Waals surface area (Å²) >= 11 is 3.46. The molecule has 2 aromatic rings. The van der Waals surface area contributed by atoms with Crippen molar-refractivity contribution in [2.75, 3.05) is 0 Å². The van der Waals surface area contributed by atoms with Crippen LogP contribution in [0.4, 0.5) is 10.1 Å². The molecule has 0 aliphatic heterocycles. The first kappa shape index (κ1) is 20.2. The van der Waals surface area contributed by atoms with E-state index >= 15 is 0 Å². The second-order valence-corrected chi connectivity index (χ2v) is 9.26. The minimum atomic E-state index is -0.202. The van der Waals surface area contributed by atoms with E-state index < -0.39 is 0 Å². The summed E-state index contributed by atoms with van der Waals surface area (Å²) in [4.78, 5) is 5.88. The van der Waals surface area contributed by atoms with Crippen LogP contribution in [0.3, 0.4) is 0 Å². The van der Waals surface area contributed by atoms with Crippen LogP contribution in [0, 0.1) is 11.7 Å². The fourth-order valence-electron chi connectivity index (χ4n) is 3.31.